The molecule has 2 rings (SSSR count). The van der Waals surface area contributed by atoms with Gasteiger partial charge in [-0.2, -0.15) is 4.31 Å². The molecule has 0 bridgehead atoms. The molecule has 2 unspecified atom stereocenters. The molecule has 0 aromatic carbocycles. The molecule has 1 aromatic heterocycles. The Hall–Kier alpha value is -0.480. The largest absolute Gasteiger partial charge is 0.477 e. The molecule has 0 saturated carbocycles. The lowest BCUT2D eigenvalue weighted by Gasteiger charge is -2.33. The predicted octanol–water partition coefficient (Wildman–Crippen LogP) is 1.60. The second-order valence-corrected chi connectivity index (χ2v) is 9.03. The van der Waals surface area contributed by atoms with Crippen LogP contribution in [-0.2, 0) is 10.0 Å². The summed E-state index contributed by atoms with van der Waals surface area (Å²) in [4.78, 5) is 10.8. The smallest absolute Gasteiger partial charge is 0.345 e. The van der Waals surface area contributed by atoms with Gasteiger partial charge in [0.1, 0.15) is 9.77 Å². The Kier molecular flexibility index (Phi) is 4.55. The first-order valence-electron chi connectivity index (χ1n) is 5.94. The van der Waals surface area contributed by atoms with Gasteiger partial charge in [-0.1, -0.05) is 6.92 Å². The van der Waals surface area contributed by atoms with E-state index < -0.39 is 22.1 Å². The van der Waals surface area contributed by atoms with Gasteiger partial charge in [0.15, 0.2) is 0 Å². The third-order valence-corrected chi connectivity index (χ3v) is 7.47. The second kappa shape index (κ2) is 5.72. The SMILES string of the molecule is CC1CCN(S(=O)(=O)c2cc(C(=O)O)sc2Br)CC1O. The van der Waals surface area contributed by atoms with Crippen molar-refractivity contribution in [2.45, 2.75) is 24.3 Å². The van der Waals surface area contributed by atoms with Crippen molar-refractivity contribution in [1.29, 1.82) is 0 Å². The van der Waals surface area contributed by atoms with Crippen molar-refractivity contribution in [1.82, 2.24) is 4.31 Å². The minimum atomic E-state index is -3.79. The van der Waals surface area contributed by atoms with E-state index in [1.54, 1.807) is 0 Å². The van der Waals surface area contributed by atoms with Gasteiger partial charge in [-0.25, -0.2) is 13.2 Å². The second-order valence-electron chi connectivity index (χ2n) is 4.75. The third kappa shape index (κ3) is 2.91. The van der Waals surface area contributed by atoms with Crippen molar-refractivity contribution in [2.75, 3.05) is 13.1 Å². The number of piperidine rings is 1. The van der Waals surface area contributed by atoms with E-state index in [1.807, 2.05) is 6.92 Å². The minimum absolute atomic E-state index is 0.0359. The number of aliphatic hydroxyl groups excluding tert-OH is 1. The molecule has 1 fully saturated rings. The molecule has 0 amide bonds. The number of nitrogens with zero attached hydrogens (tertiary/aromatic N) is 1. The number of β-amino-alcohol motifs (C(OH)–C–C–N with tert-alkyl or cyclic N) is 1. The minimum Gasteiger partial charge on any atom is -0.477 e. The molecule has 20 heavy (non-hydrogen) atoms. The van der Waals surface area contributed by atoms with Crippen molar-refractivity contribution >= 4 is 43.3 Å². The third-order valence-electron chi connectivity index (χ3n) is 3.37. The molecular weight excluding hydrogens is 370 g/mol. The number of aromatic carboxylic acids is 1. The lowest BCUT2D eigenvalue weighted by Crippen LogP contribution is -2.45. The summed E-state index contributed by atoms with van der Waals surface area (Å²) in [6, 6.07) is 1.15. The summed E-state index contributed by atoms with van der Waals surface area (Å²) >= 11 is 3.97. The summed E-state index contributed by atoms with van der Waals surface area (Å²) in [6.45, 7) is 2.23. The summed E-state index contributed by atoms with van der Waals surface area (Å²) in [5.41, 5.74) is 0. The number of sulfonamides is 1. The average Bonchev–Trinajstić information content (AvgIpc) is 2.75. The zero-order chi connectivity index (χ0) is 15.1. The Bertz CT molecular complexity index is 627. The summed E-state index contributed by atoms with van der Waals surface area (Å²) in [5.74, 6) is -1.11. The standard InChI is InChI=1S/C11H14BrNO5S2/c1-6-2-3-13(5-7(6)14)20(17,18)9-4-8(11(15)16)19-10(9)12/h4,6-7,14H,2-3,5H2,1H3,(H,15,16). The normalized spacial score (nSPS) is 24.8. The maximum Gasteiger partial charge on any atom is 0.345 e. The Morgan fingerprint density at radius 3 is 2.70 bits per heavy atom. The van der Waals surface area contributed by atoms with Crippen molar-refractivity contribution in [3.8, 4) is 0 Å². The number of halogens is 1. The van der Waals surface area contributed by atoms with E-state index in [2.05, 4.69) is 15.9 Å². The fourth-order valence-electron chi connectivity index (χ4n) is 2.01. The Balaban J connectivity index is 2.33. The topological polar surface area (TPSA) is 94.9 Å². The van der Waals surface area contributed by atoms with E-state index in [4.69, 9.17) is 5.11 Å². The van der Waals surface area contributed by atoms with Crippen LogP contribution in [0.1, 0.15) is 23.0 Å². The first-order chi connectivity index (χ1) is 9.23. The fourth-order valence-corrected chi connectivity index (χ4v) is 5.84. The zero-order valence-corrected chi connectivity index (χ0v) is 13.8. The van der Waals surface area contributed by atoms with E-state index in [1.165, 1.54) is 4.31 Å². The number of carboxylic acid groups (broad SMARTS) is 1. The monoisotopic (exact) mass is 383 g/mol. The molecule has 0 spiro atoms. The van der Waals surface area contributed by atoms with Crippen LogP contribution in [0.2, 0.25) is 0 Å². The highest BCUT2D eigenvalue weighted by Gasteiger charge is 2.35. The van der Waals surface area contributed by atoms with Crippen LogP contribution in [-0.4, -0.2) is 48.1 Å². The molecule has 9 heteroatoms. The number of hydrogen-bond acceptors (Lipinski definition) is 5. The maximum atomic E-state index is 12.5. The van der Waals surface area contributed by atoms with Gasteiger partial charge in [-0.3, -0.25) is 0 Å². The van der Waals surface area contributed by atoms with Crippen LogP contribution < -0.4 is 0 Å². The number of thiophene rings is 1. The molecule has 1 aromatic rings. The zero-order valence-electron chi connectivity index (χ0n) is 10.6. The highest BCUT2D eigenvalue weighted by atomic mass is 79.9. The van der Waals surface area contributed by atoms with Crippen LogP contribution in [0.4, 0.5) is 0 Å². The van der Waals surface area contributed by atoms with Crippen molar-refractivity contribution < 1.29 is 23.4 Å². The van der Waals surface area contributed by atoms with Gasteiger partial charge in [0.2, 0.25) is 10.0 Å². The highest BCUT2D eigenvalue weighted by Crippen LogP contribution is 2.34. The molecule has 112 valence electrons. The number of aliphatic hydroxyl groups is 1. The van der Waals surface area contributed by atoms with Crippen LogP contribution in [0.15, 0.2) is 14.7 Å². The van der Waals surface area contributed by atoms with E-state index in [0.717, 1.165) is 17.4 Å². The van der Waals surface area contributed by atoms with Gasteiger partial charge >= 0.3 is 5.97 Å². The quantitative estimate of drug-likeness (QED) is 0.826. The molecule has 0 radical (unpaired) electrons. The average molecular weight is 384 g/mol. The lowest BCUT2D eigenvalue weighted by molar-refractivity contribution is 0.0605. The summed E-state index contributed by atoms with van der Waals surface area (Å²) in [5, 5.41) is 18.7. The molecule has 0 aliphatic carbocycles. The highest BCUT2D eigenvalue weighted by molar-refractivity contribution is 9.11. The summed E-state index contributed by atoms with van der Waals surface area (Å²) < 4.78 is 26.5. The molecule has 1 aliphatic heterocycles. The molecular formula is C11H14BrNO5S2. The Morgan fingerprint density at radius 2 is 2.20 bits per heavy atom. The van der Waals surface area contributed by atoms with Gasteiger partial charge in [0, 0.05) is 13.1 Å². The number of rotatable bonds is 3. The first kappa shape index (κ1) is 15.9. The summed E-state index contributed by atoms with van der Waals surface area (Å²) in [6.07, 6.45) is -0.122. The van der Waals surface area contributed by atoms with Gasteiger partial charge in [0.25, 0.3) is 0 Å². The first-order valence-corrected chi connectivity index (χ1v) is 8.99. The molecule has 6 nitrogen and oxygen atoms in total. The van der Waals surface area contributed by atoms with Crippen LogP contribution in [0.5, 0.6) is 0 Å². The number of carbonyl (C=O) groups is 1. The van der Waals surface area contributed by atoms with Crippen molar-refractivity contribution in [2.24, 2.45) is 5.92 Å². The van der Waals surface area contributed by atoms with Gasteiger partial charge in [-0.15, -0.1) is 11.3 Å². The maximum absolute atomic E-state index is 12.5. The van der Waals surface area contributed by atoms with Crippen molar-refractivity contribution in [3.63, 3.8) is 0 Å². The molecule has 2 atom stereocenters. The van der Waals surface area contributed by atoms with Crippen LogP contribution in [0.3, 0.4) is 0 Å². The Morgan fingerprint density at radius 1 is 1.55 bits per heavy atom. The lowest BCUT2D eigenvalue weighted by atomic mass is 9.98. The van der Waals surface area contributed by atoms with Crippen LogP contribution >= 0.6 is 27.3 Å². The van der Waals surface area contributed by atoms with Gasteiger partial charge in [0.05, 0.1) is 9.89 Å². The Labute approximate surface area is 129 Å². The summed E-state index contributed by atoms with van der Waals surface area (Å²) in [7, 11) is -3.79. The molecule has 1 aliphatic rings. The van der Waals surface area contributed by atoms with E-state index in [9.17, 15) is 18.3 Å². The van der Waals surface area contributed by atoms with E-state index in [0.29, 0.717) is 13.0 Å². The van der Waals surface area contributed by atoms with E-state index >= 15 is 0 Å². The van der Waals surface area contributed by atoms with Gasteiger partial charge < -0.3 is 10.2 Å². The van der Waals surface area contributed by atoms with E-state index in [-0.39, 0.29) is 26.0 Å². The van der Waals surface area contributed by atoms with Crippen LogP contribution in [0, 0.1) is 5.92 Å². The fraction of sp³-hybridized carbons (Fsp3) is 0.545. The predicted molar refractivity (Wildman–Crippen MR) is 77.5 cm³/mol. The molecule has 1 saturated heterocycles. The van der Waals surface area contributed by atoms with Crippen molar-refractivity contribution in [3.05, 3.63) is 14.7 Å². The number of hydrogen-bond donors (Lipinski definition) is 2. The molecule has 2 heterocycles. The van der Waals surface area contributed by atoms with Gasteiger partial charge in [-0.05, 0) is 34.3 Å². The number of carboxylic acids is 1. The van der Waals surface area contributed by atoms with Crippen LogP contribution in [0.25, 0.3) is 0 Å². The molecule has 2 N–H and O–H groups in total.